The van der Waals surface area contributed by atoms with Crippen LogP contribution in [0.15, 0.2) is 34.5 Å². The van der Waals surface area contributed by atoms with E-state index < -0.39 is 33.3 Å². The van der Waals surface area contributed by atoms with Crippen LogP contribution in [-0.2, 0) is 21.2 Å². The predicted octanol–water partition coefficient (Wildman–Crippen LogP) is 2.45. The maximum absolute atomic E-state index is 13.4. The van der Waals surface area contributed by atoms with Gasteiger partial charge in [-0.2, -0.15) is 0 Å². The number of thiophene rings is 1. The molecule has 0 aliphatic rings. The van der Waals surface area contributed by atoms with Crippen LogP contribution in [0.1, 0.15) is 4.88 Å². The molecule has 0 aliphatic heterocycles. The highest BCUT2D eigenvalue weighted by atomic mass is 32.2. The van der Waals surface area contributed by atoms with Crippen molar-refractivity contribution in [1.29, 1.82) is 0 Å². The second-order valence-corrected chi connectivity index (χ2v) is 7.10. The molecule has 1 heterocycles. The zero-order valence-electron chi connectivity index (χ0n) is 10.3. The Balaban J connectivity index is 2.28. The Bertz CT molecular complexity index is 786. The summed E-state index contributed by atoms with van der Waals surface area (Å²) in [5.41, 5.74) is -0.511. The molecule has 0 unspecified atom stereocenters. The standard InChI is InChI=1S/C12H9F2NO4S2/c13-7-1-3-9(14)10(5-7)15-21(18,19)12-4-2-8(20-12)6-11(16)17/h1-5,15H,6H2,(H,16,17). The van der Waals surface area contributed by atoms with E-state index >= 15 is 0 Å². The van der Waals surface area contributed by atoms with Crippen LogP contribution >= 0.6 is 11.3 Å². The summed E-state index contributed by atoms with van der Waals surface area (Å²) in [6, 6.07) is 4.96. The number of nitrogens with one attached hydrogen (secondary N) is 1. The van der Waals surface area contributed by atoms with Gasteiger partial charge in [0.05, 0.1) is 12.1 Å². The highest BCUT2D eigenvalue weighted by Crippen LogP contribution is 2.25. The van der Waals surface area contributed by atoms with E-state index in [0.29, 0.717) is 4.88 Å². The summed E-state index contributed by atoms with van der Waals surface area (Å²) in [6.45, 7) is 0. The number of carboxylic acid groups (broad SMARTS) is 1. The first-order chi connectivity index (χ1) is 9.78. The Morgan fingerprint density at radius 2 is 1.95 bits per heavy atom. The number of anilines is 1. The third-order valence-electron chi connectivity index (χ3n) is 2.40. The Morgan fingerprint density at radius 3 is 2.62 bits per heavy atom. The number of sulfonamides is 1. The van der Waals surface area contributed by atoms with Crippen LogP contribution in [0.5, 0.6) is 0 Å². The molecule has 0 saturated carbocycles. The molecule has 5 nitrogen and oxygen atoms in total. The van der Waals surface area contributed by atoms with E-state index in [4.69, 9.17) is 5.11 Å². The Labute approximate surface area is 122 Å². The van der Waals surface area contributed by atoms with E-state index in [1.165, 1.54) is 12.1 Å². The number of aliphatic carboxylic acids is 1. The number of rotatable bonds is 5. The monoisotopic (exact) mass is 333 g/mol. The van der Waals surface area contributed by atoms with Crippen LogP contribution in [0.4, 0.5) is 14.5 Å². The molecule has 0 aliphatic carbocycles. The average Bonchev–Trinajstić information content (AvgIpc) is 2.82. The quantitative estimate of drug-likeness (QED) is 0.880. The summed E-state index contributed by atoms with van der Waals surface area (Å²) in [7, 11) is -4.10. The predicted molar refractivity (Wildman–Crippen MR) is 72.8 cm³/mol. The first kappa shape index (κ1) is 15.4. The van der Waals surface area contributed by atoms with Gasteiger partial charge < -0.3 is 5.11 Å². The topological polar surface area (TPSA) is 83.5 Å². The maximum atomic E-state index is 13.4. The molecule has 21 heavy (non-hydrogen) atoms. The Hall–Kier alpha value is -2.00. The van der Waals surface area contributed by atoms with E-state index in [0.717, 1.165) is 29.5 Å². The maximum Gasteiger partial charge on any atom is 0.308 e. The number of carboxylic acids is 1. The van der Waals surface area contributed by atoms with Crippen LogP contribution < -0.4 is 4.72 Å². The van der Waals surface area contributed by atoms with Crippen molar-refractivity contribution in [2.45, 2.75) is 10.6 Å². The fourth-order valence-electron chi connectivity index (χ4n) is 1.52. The lowest BCUT2D eigenvalue weighted by atomic mass is 10.3. The van der Waals surface area contributed by atoms with Crippen molar-refractivity contribution >= 4 is 33.0 Å². The van der Waals surface area contributed by atoms with Gasteiger partial charge in [0.25, 0.3) is 10.0 Å². The van der Waals surface area contributed by atoms with Crippen molar-refractivity contribution in [1.82, 2.24) is 0 Å². The van der Waals surface area contributed by atoms with Gasteiger partial charge in [-0.25, -0.2) is 17.2 Å². The summed E-state index contributed by atoms with van der Waals surface area (Å²) in [5.74, 6) is -2.79. The zero-order chi connectivity index (χ0) is 15.6. The largest absolute Gasteiger partial charge is 0.481 e. The lowest BCUT2D eigenvalue weighted by molar-refractivity contribution is -0.136. The number of carbonyl (C=O) groups is 1. The molecule has 1 aromatic carbocycles. The van der Waals surface area contributed by atoms with Crippen molar-refractivity contribution in [3.05, 3.63) is 46.8 Å². The highest BCUT2D eigenvalue weighted by molar-refractivity contribution is 7.94. The van der Waals surface area contributed by atoms with Crippen molar-refractivity contribution in [2.75, 3.05) is 4.72 Å². The van der Waals surface area contributed by atoms with Gasteiger partial charge in [-0.3, -0.25) is 9.52 Å². The number of hydrogen-bond acceptors (Lipinski definition) is 4. The first-order valence-corrected chi connectivity index (χ1v) is 7.86. The van der Waals surface area contributed by atoms with Crippen LogP contribution in [0.25, 0.3) is 0 Å². The van der Waals surface area contributed by atoms with Crippen LogP contribution in [0, 0.1) is 11.6 Å². The molecular formula is C12H9F2NO4S2. The molecule has 0 bridgehead atoms. The van der Waals surface area contributed by atoms with Crippen LogP contribution in [0.3, 0.4) is 0 Å². The van der Waals surface area contributed by atoms with E-state index in [1.54, 1.807) is 0 Å². The lowest BCUT2D eigenvalue weighted by Crippen LogP contribution is -2.12. The minimum absolute atomic E-state index is 0.178. The van der Waals surface area contributed by atoms with Crippen LogP contribution in [-0.4, -0.2) is 19.5 Å². The van der Waals surface area contributed by atoms with E-state index in [-0.39, 0.29) is 10.6 Å². The Morgan fingerprint density at radius 1 is 1.24 bits per heavy atom. The molecule has 2 aromatic rings. The third kappa shape index (κ3) is 3.76. The zero-order valence-corrected chi connectivity index (χ0v) is 12.0. The molecule has 2 N–H and O–H groups in total. The molecule has 112 valence electrons. The molecule has 0 saturated heterocycles. The van der Waals surface area contributed by atoms with E-state index in [1.807, 2.05) is 4.72 Å². The third-order valence-corrected chi connectivity index (χ3v) is 5.34. The van der Waals surface area contributed by atoms with Crippen molar-refractivity contribution in [3.63, 3.8) is 0 Å². The van der Waals surface area contributed by atoms with Gasteiger partial charge in [-0.05, 0) is 24.3 Å². The van der Waals surface area contributed by atoms with E-state index in [9.17, 15) is 22.0 Å². The molecule has 0 atom stereocenters. The molecular weight excluding hydrogens is 324 g/mol. The van der Waals surface area contributed by atoms with Gasteiger partial charge >= 0.3 is 5.97 Å². The molecule has 9 heteroatoms. The summed E-state index contributed by atoms with van der Waals surface area (Å²) in [5, 5.41) is 8.63. The smallest absolute Gasteiger partial charge is 0.308 e. The number of benzene rings is 1. The molecule has 0 radical (unpaired) electrons. The van der Waals surface area contributed by atoms with Gasteiger partial charge in [-0.15, -0.1) is 11.3 Å². The van der Waals surface area contributed by atoms with Crippen molar-refractivity contribution < 1.29 is 27.1 Å². The SMILES string of the molecule is O=C(O)Cc1ccc(S(=O)(=O)Nc2cc(F)ccc2F)s1. The van der Waals surface area contributed by atoms with Gasteiger partial charge in [0.15, 0.2) is 0 Å². The second kappa shape index (κ2) is 5.78. The second-order valence-electron chi connectivity index (χ2n) is 4.02. The first-order valence-electron chi connectivity index (χ1n) is 5.56. The summed E-state index contributed by atoms with van der Waals surface area (Å²) >= 11 is 0.750. The van der Waals surface area contributed by atoms with Gasteiger partial charge in [-0.1, -0.05) is 0 Å². The molecule has 1 aromatic heterocycles. The van der Waals surface area contributed by atoms with E-state index in [2.05, 4.69) is 0 Å². The van der Waals surface area contributed by atoms with Crippen molar-refractivity contribution in [3.8, 4) is 0 Å². The minimum atomic E-state index is -4.10. The summed E-state index contributed by atoms with van der Waals surface area (Å²) < 4.78 is 52.2. The lowest BCUT2D eigenvalue weighted by Gasteiger charge is -2.07. The Kier molecular flexibility index (Phi) is 4.24. The fourth-order valence-corrected chi connectivity index (χ4v) is 3.92. The molecule has 0 spiro atoms. The molecule has 0 amide bonds. The molecule has 2 rings (SSSR count). The highest BCUT2D eigenvalue weighted by Gasteiger charge is 2.19. The minimum Gasteiger partial charge on any atom is -0.481 e. The number of halogens is 2. The van der Waals surface area contributed by atoms with Gasteiger partial charge in [0.1, 0.15) is 15.8 Å². The van der Waals surface area contributed by atoms with Crippen LogP contribution in [0.2, 0.25) is 0 Å². The summed E-state index contributed by atoms with van der Waals surface area (Å²) in [4.78, 5) is 10.9. The molecule has 0 fully saturated rings. The van der Waals surface area contributed by atoms with Crippen molar-refractivity contribution in [2.24, 2.45) is 0 Å². The summed E-state index contributed by atoms with van der Waals surface area (Å²) in [6.07, 6.45) is -0.311. The fraction of sp³-hybridized carbons (Fsp3) is 0.0833. The number of hydrogen-bond donors (Lipinski definition) is 2. The van der Waals surface area contributed by atoms with Gasteiger partial charge in [0, 0.05) is 10.9 Å². The van der Waals surface area contributed by atoms with Gasteiger partial charge in [0.2, 0.25) is 0 Å². The normalized spacial score (nSPS) is 11.3. The average molecular weight is 333 g/mol.